The third-order valence-corrected chi connectivity index (χ3v) is 4.26. The summed E-state index contributed by atoms with van der Waals surface area (Å²) in [6.07, 6.45) is 1.71. The smallest absolute Gasteiger partial charge is 0.377 e. The summed E-state index contributed by atoms with van der Waals surface area (Å²) in [6, 6.07) is 3.23. The van der Waals surface area contributed by atoms with Gasteiger partial charge in [-0.15, -0.1) is 11.3 Å². The molecule has 0 unspecified atom stereocenters. The summed E-state index contributed by atoms with van der Waals surface area (Å²) in [7, 11) is 0. The predicted molar refractivity (Wildman–Crippen MR) is 86.8 cm³/mol. The number of ether oxygens (including phenoxy) is 1. The Hall–Kier alpha value is -2.74. The van der Waals surface area contributed by atoms with Gasteiger partial charge >= 0.3 is 5.97 Å². The number of rotatable bonds is 5. The highest BCUT2D eigenvalue weighted by Crippen LogP contribution is 2.22. The van der Waals surface area contributed by atoms with Crippen molar-refractivity contribution in [1.82, 2.24) is 14.7 Å². The molecule has 0 fully saturated rings. The van der Waals surface area contributed by atoms with Crippen LogP contribution in [0.3, 0.4) is 0 Å². The Balaban J connectivity index is 1.74. The maximum atomic E-state index is 12.4. The number of hydrogen-bond acceptors (Lipinski definition) is 7. The average Bonchev–Trinajstić information content (AvgIpc) is 3.26. The molecule has 3 rings (SSSR count). The quantitative estimate of drug-likeness (QED) is 0.522. The average molecular weight is 345 g/mol. The van der Waals surface area contributed by atoms with Crippen LogP contribution in [0.15, 0.2) is 28.2 Å². The third kappa shape index (κ3) is 3.00. The SMILES string of the molecule is Cc1cc(C(=O)OCC(=O)c2cc(C)n(-c3nccs3)c2C)on1. The Kier molecular flexibility index (Phi) is 4.30. The van der Waals surface area contributed by atoms with E-state index in [1.807, 2.05) is 23.8 Å². The van der Waals surface area contributed by atoms with E-state index in [1.165, 1.54) is 17.4 Å². The minimum atomic E-state index is -0.710. The standard InChI is InChI=1S/C16H15N3O4S/c1-9-6-14(23-18-9)15(21)22-8-13(20)12-7-10(2)19(11(12)3)16-17-4-5-24-16/h4-7H,8H2,1-3H3. The van der Waals surface area contributed by atoms with Crippen molar-refractivity contribution in [2.45, 2.75) is 20.8 Å². The van der Waals surface area contributed by atoms with Crippen LogP contribution in [0, 0.1) is 20.8 Å². The van der Waals surface area contributed by atoms with Gasteiger partial charge in [0.1, 0.15) is 0 Å². The van der Waals surface area contributed by atoms with E-state index in [0.717, 1.165) is 16.5 Å². The second kappa shape index (κ2) is 6.40. The van der Waals surface area contributed by atoms with Gasteiger partial charge in [0, 0.05) is 34.6 Å². The van der Waals surface area contributed by atoms with Gasteiger partial charge in [0.05, 0.1) is 5.69 Å². The van der Waals surface area contributed by atoms with E-state index in [0.29, 0.717) is 11.3 Å². The number of aromatic nitrogens is 3. The lowest BCUT2D eigenvalue weighted by atomic mass is 10.1. The number of Topliss-reactive ketones (excluding diaryl/α,β-unsaturated/α-hetero) is 1. The van der Waals surface area contributed by atoms with Gasteiger partial charge in [0.2, 0.25) is 11.5 Å². The first-order chi connectivity index (χ1) is 11.5. The fourth-order valence-corrected chi connectivity index (χ4v) is 3.16. The number of aryl methyl sites for hydroxylation is 2. The van der Waals surface area contributed by atoms with Gasteiger partial charge in [0.15, 0.2) is 11.7 Å². The maximum Gasteiger partial charge on any atom is 0.377 e. The van der Waals surface area contributed by atoms with E-state index in [2.05, 4.69) is 10.1 Å². The fraction of sp³-hybridized carbons (Fsp3) is 0.250. The molecular formula is C16H15N3O4S. The monoisotopic (exact) mass is 345 g/mol. The van der Waals surface area contributed by atoms with Gasteiger partial charge in [-0.3, -0.25) is 9.36 Å². The molecule has 0 atom stereocenters. The lowest BCUT2D eigenvalue weighted by molar-refractivity contribution is 0.0435. The topological polar surface area (TPSA) is 87.2 Å². The molecular weight excluding hydrogens is 330 g/mol. The lowest BCUT2D eigenvalue weighted by Gasteiger charge is -2.05. The van der Waals surface area contributed by atoms with Crippen molar-refractivity contribution >= 4 is 23.1 Å². The van der Waals surface area contributed by atoms with Gasteiger partial charge in [-0.1, -0.05) is 5.16 Å². The van der Waals surface area contributed by atoms with E-state index in [1.54, 1.807) is 19.2 Å². The molecule has 0 aromatic carbocycles. The summed E-state index contributed by atoms with van der Waals surface area (Å²) in [6.45, 7) is 5.07. The zero-order valence-electron chi connectivity index (χ0n) is 13.4. The molecule has 3 aromatic heterocycles. The van der Waals surface area contributed by atoms with Crippen LogP contribution in [0.1, 0.15) is 38.0 Å². The predicted octanol–water partition coefficient (Wildman–Crippen LogP) is 2.89. The summed E-state index contributed by atoms with van der Waals surface area (Å²) in [5.74, 6) is -1.01. The minimum absolute atomic E-state index is 0.0199. The zero-order valence-corrected chi connectivity index (χ0v) is 14.2. The van der Waals surface area contributed by atoms with Crippen molar-refractivity contribution in [3.63, 3.8) is 0 Å². The zero-order chi connectivity index (χ0) is 17.3. The fourth-order valence-electron chi connectivity index (χ4n) is 2.41. The molecule has 24 heavy (non-hydrogen) atoms. The second-order valence-corrected chi connectivity index (χ2v) is 6.14. The van der Waals surface area contributed by atoms with E-state index >= 15 is 0 Å². The number of ketones is 1. The molecule has 3 aromatic rings. The highest BCUT2D eigenvalue weighted by molar-refractivity contribution is 7.12. The van der Waals surface area contributed by atoms with Crippen molar-refractivity contribution in [3.8, 4) is 5.13 Å². The van der Waals surface area contributed by atoms with E-state index < -0.39 is 5.97 Å². The van der Waals surface area contributed by atoms with Gasteiger partial charge in [-0.05, 0) is 26.8 Å². The van der Waals surface area contributed by atoms with Gasteiger partial charge in [-0.2, -0.15) is 0 Å². The Morgan fingerprint density at radius 1 is 1.29 bits per heavy atom. The van der Waals surface area contributed by atoms with Crippen LogP contribution in [0.2, 0.25) is 0 Å². The molecule has 124 valence electrons. The van der Waals surface area contributed by atoms with Crippen molar-refractivity contribution < 1.29 is 18.8 Å². The first kappa shape index (κ1) is 16.1. The van der Waals surface area contributed by atoms with Crippen molar-refractivity contribution in [3.05, 3.63) is 52.1 Å². The van der Waals surface area contributed by atoms with Crippen molar-refractivity contribution in [1.29, 1.82) is 0 Å². The third-order valence-electron chi connectivity index (χ3n) is 3.51. The van der Waals surface area contributed by atoms with Gasteiger partial charge < -0.3 is 9.26 Å². The molecule has 0 bridgehead atoms. The maximum absolute atomic E-state index is 12.4. The molecule has 8 heteroatoms. The number of carbonyl (C=O) groups is 2. The Labute approximate surface area is 141 Å². The second-order valence-electron chi connectivity index (χ2n) is 5.27. The largest absolute Gasteiger partial charge is 0.451 e. The molecule has 0 amide bonds. The van der Waals surface area contributed by atoms with Crippen LogP contribution >= 0.6 is 11.3 Å². The Bertz CT molecular complexity index is 893. The molecule has 0 aliphatic carbocycles. The van der Waals surface area contributed by atoms with Crippen molar-refractivity contribution in [2.75, 3.05) is 6.61 Å². The summed E-state index contributed by atoms with van der Waals surface area (Å²) < 4.78 is 11.7. The van der Waals surface area contributed by atoms with Crippen LogP contribution in [0.5, 0.6) is 0 Å². The van der Waals surface area contributed by atoms with Crippen LogP contribution in [0.25, 0.3) is 5.13 Å². The van der Waals surface area contributed by atoms with Gasteiger partial charge in [0.25, 0.3) is 0 Å². The van der Waals surface area contributed by atoms with E-state index in [4.69, 9.17) is 9.26 Å². The molecule has 0 radical (unpaired) electrons. The highest BCUT2D eigenvalue weighted by Gasteiger charge is 2.20. The summed E-state index contributed by atoms with van der Waals surface area (Å²) in [5.41, 5.74) is 2.73. The van der Waals surface area contributed by atoms with Crippen LogP contribution in [0.4, 0.5) is 0 Å². The molecule has 0 N–H and O–H groups in total. The normalized spacial score (nSPS) is 10.8. The summed E-state index contributed by atoms with van der Waals surface area (Å²) >= 11 is 1.48. The molecule has 0 saturated carbocycles. The molecule has 0 aliphatic heterocycles. The highest BCUT2D eigenvalue weighted by atomic mass is 32.1. The Morgan fingerprint density at radius 2 is 2.08 bits per heavy atom. The number of thiazole rings is 1. The van der Waals surface area contributed by atoms with Crippen LogP contribution in [-0.2, 0) is 4.74 Å². The summed E-state index contributed by atoms with van der Waals surface area (Å²) in [4.78, 5) is 28.5. The molecule has 0 aliphatic rings. The minimum Gasteiger partial charge on any atom is -0.451 e. The first-order valence-corrected chi connectivity index (χ1v) is 8.08. The molecule has 3 heterocycles. The van der Waals surface area contributed by atoms with Crippen molar-refractivity contribution in [2.24, 2.45) is 0 Å². The molecule has 7 nitrogen and oxygen atoms in total. The number of carbonyl (C=O) groups excluding carboxylic acids is 2. The number of esters is 1. The van der Waals surface area contributed by atoms with Gasteiger partial charge in [-0.25, -0.2) is 9.78 Å². The number of hydrogen-bond donors (Lipinski definition) is 0. The van der Waals surface area contributed by atoms with Crippen LogP contribution < -0.4 is 0 Å². The van der Waals surface area contributed by atoms with E-state index in [9.17, 15) is 9.59 Å². The molecule has 0 spiro atoms. The summed E-state index contributed by atoms with van der Waals surface area (Å²) in [5, 5.41) is 6.27. The van der Waals surface area contributed by atoms with E-state index in [-0.39, 0.29) is 18.2 Å². The molecule has 0 saturated heterocycles. The Morgan fingerprint density at radius 3 is 2.71 bits per heavy atom. The first-order valence-electron chi connectivity index (χ1n) is 7.20. The number of nitrogens with zero attached hydrogens (tertiary/aromatic N) is 3. The lowest BCUT2D eigenvalue weighted by Crippen LogP contribution is -2.14. The van der Waals surface area contributed by atoms with Crippen LogP contribution in [-0.4, -0.2) is 33.1 Å².